The van der Waals surface area contributed by atoms with Crippen LogP contribution in [0.2, 0.25) is 5.02 Å². The van der Waals surface area contributed by atoms with Gasteiger partial charge < -0.3 is 10.6 Å². The average molecular weight is 493 g/mol. The van der Waals surface area contributed by atoms with E-state index in [4.69, 9.17) is 11.6 Å². The highest BCUT2D eigenvalue weighted by Gasteiger charge is 2.24. The van der Waals surface area contributed by atoms with Crippen molar-refractivity contribution >= 4 is 46.6 Å². The van der Waals surface area contributed by atoms with E-state index < -0.39 is 5.25 Å². The van der Waals surface area contributed by atoms with Crippen LogP contribution in [0.25, 0.3) is 0 Å². The lowest BCUT2D eigenvalue weighted by Gasteiger charge is -2.21. The summed E-state index contributed by atoms with van der Waals surface area (Å²) in [5, 5.41) is 6.23. The Kier molecular flexibility index (Phi) is 8.30. The standard InChI is InChI=1S/C28H29ClN2O2S/c1-19-12-13-22(29)18-25(19)31-28(33)26(20-8-4-2-5-9-20)34-24-16-14-23(15-17-24)30-27(32)21-10-6-3-7-11-21/h2,4-5,8-9,12-18,21,26H,3,6-7,10-11H2,1H3,(H,30,32)(H,31,33). The lowest BCUT2D eigenvalue weighted by Crippen LogP contribution is -2.24. The van der Waals surface area contributed by atoms with E-state index in [-0.39, 0.29) is 17.7 Å². The van der Waals surface area contributed by atoms with Gasteiger partial charge in [-0.2, -0.15) is 0 Å². The zero-order valence-electron chi connectivity index (χ0n) is 19.2. The first kappa shape index (κ1) is 24.4. The molecule has 6 heteroatoms. The predicted octanol–water partition coefficient (Wildman–Crippen LogP) is 7.64. The van der Waals surface area contributed by atoms with E-state index in [1.54, 1.807) is 6.07 Å². The number of carbonyl (C=O) groups excluding carboxylic acids is 2. The predicted molar refractivity (Wildman–Crippen MR) is 142 cm³/mol. The molecular formula is C28H29ClN2O2S. The van der Waals surface area contributed by atoms with Crippen molar-refractivity contribution in [3.05, 3.63) is 88.9 Å². The van der Waals surface area contributed by atoms with Crippen molar-refractivity contribution in [3.63, 3.8) is 0 Å². The van der Waals surface area contributed by atoms with Gasteiger partial charge in [0.15, 0.2) is 0 Å². The van der Waals surface area contributed by atoms with Gasteiger partial charge in [-0.05, 0) is 67.3 Å². The zero-order chi connectivity index (χ0) is 23.9. The van der Waals surface area contributed by atoms with Crippen molar-refractivity contribution in [3.8, 4) is 0 Å². The Morgan fingerprint density at radius 3 is 2.32 bits per heavy atom. The smallest absolute Gasteiger partial charge is 0.242 e. The fraction of sp³-hybridized carbons (Fsp3) is 0.286. The normalized spacial score (nSPS) is 14.9. The van der Waals surface area contributed by atoms with Gasteiger partial charge in [-0.25, -0.2) is 0 Å². The molecule has 4 nitrogen and oxygen atoms in total. The van der Waals surface area contributed by atoms with Gasteiger partial charge in [0.2, 0.25) is 11.8 Å². The van der Waals surface area contributed by atoms with Crippen LogP contribution in [0, 0.1) is 12.8 Å². The molecule has 4 rings (SSSR count). The number of hydrogen-bond donors (Lipinski definition) is 2. The fourth-order valence-electron chi connectivity index (χ4n) is 4.19. The maximum Gasteiger partial charge on any atom is 0.242 e. The molecule has 0 radical (unpaired) electrons. The van der Waals surface area contributed by atoms with Crippen LogP contribution in [0.4, 0.5) is 11.4 Å². The van der Waals surface area contributed by atoms with Gasteiger partial charge in [0.25, 0.3) is 0 Å². The maximum absolute atomic E-state index is 13.3. The molecule has 2 amide bonds. The lowest BCUT2D eigenvalue weighted by molar-refractivity contribution is -0.120. The molecule has 1 saturated carbocycles. The molecule has 3 aromatic rings. The monoisotopic (exact) mass is 492 g/mol. The van der Waals surface area contributed by atoms with Crippen LogP contribution in [0.5, 0.6) is 0 Å². The molecule has 34 heavy (non-hydrogen) atoms. The Balaban J connectivity index is 1.47. The van der Waals surface area contributed by atoms with E-state index in [0.717, 1.165) is 47.4 Å². The first-order valence-electron chi connectivity index (χ1n) is 11.7. The summed E-state index contributed by atoms with van der Waals surface area (Å²) in [6.45, 7) is 1.94. The second-order valence-corrected chi connectivity index (χ2v) is 10.3. The van der Waals surface area contributed by atoms with Crippen molar-refractivity contribution in [1.82, 2.24) is 0 Å². The number of carbonyl (C=O) groups is 2. The van der Waals surface area contributed by atoms with Crippen LogP contribution in [0.3, 0.4) is 0 Å². The van der Waals surface area contributed by atoms with Gasteiger partial charge in [-0.15, -0.1) is 11.8 Å². The van der Waals surface area contributed by atoms with Gasteiger partial charge in [-0.3, -0.25) is 9.59 Å². The second-order valence-electron chi connectivity index (χ2n) is 8.71. The van der Waals surface area contributed by atoms with Crippen LogP contribution < -0.4 is 10.6 Å². The summed E-state index contributed by atoms with van der Waals surface area (Å²) in [7, 11) is 0. The summed E-state index contributed by atoms with van der Waals surface area (Å²) in [6, 6.07) is 22.9. The number of nitrogens with one attached hydrogen (secondary N) is 2. The third-order valence-electron chi connectivity index (χ3n) is 6.15. The fourth-order valence-corrected chi connectivity index (χ4v) is 5.39. The van der Waals surface area contributed by atoms with Gasteiger partial charge in [0.05, 0.1) is 0 Å². The molecule has 0 saturated heterocycles. The Morgan fingerprint density at radius 1 is 0.912 bits per heavy atom. The summed E-state index contributed by atoms with van der Waals surface area (Å²) in [4.78, 5) is 26.8. The minimum absolute atomic E-state index is 0.110. The first-order valence-corrected chi connectivity index (χ1v) is 12.9. The summed E-state index contributed by atoms with van der Waals surface area (Å²) in [5.74, 6) is 0.110. The summed E-state index contributed by atoms with van der Waals surface area (Å²) in [6.07, 6.45) is 5.43. The molecule has 1 atom stereocenters. The molecular weight excluding hydrogens is 464 g/mol. The van der Waals surface area contributed by atoms with Gasteiger partial charge in [0, 0.05) is 27.2 Å². The Morgan fingerprint density at radius 2 is 1.62 bits per heavy atom. The topological polar surface area (TPSA) is 58.2 Å². The van der Waals surface area contributed by atoms with Crippen molar-refractivity contribution in [1.29, 1.82) is 0 Å². The molecule has 0 aromatic heterocycles. The van der Waals surface area contributed by atoms with Crippen LogP contribution >= 0.6 is 23.4 Å². The molecule has 0 heterocycles. The first-order chi connectivity index (χ1) is 16.5. The molecule has 0 spiro atoms. The Hall–Kier alpha value is -2.76. The molecule has 1 fully saturated rings. The number of benzene rings is 3. The van der Waals surface area contributed by atoms with Crippen molar-refractivity contribution in [2.24, 2.45) is 5.92 Å². The largest absolute Gasteiger partial charge is 0.326 e. The van der Waals surface area contributed by atoms with E-state index in [0.29, 0.717) is 10.7 Å². The average Bonchev–Trinajstić information content (AvgIpc) is 2.86. The third kappa shape index (κ3) is 6.43. The van der Waals surface area contributed by atoms with Gasteiger partial charge >= 0.3 is 0 Å². The second kappa shape index (κ2) is 11.6. The Bertz CT molecular complexity index is 1130. The number of rotatable bonds is 7. The summed E-state index contributed by atoms with van der Waals surface area (Å²) >= 11 is 7.62. The summed E-state index contributed by atoms with van der Waals surface area (Å²) in [5.41, 5.74) is 3.36. The molecule has 3 aromatic carbocycles. The number of amides is 2. The number of hydrogen-bond acceptors (Lipinski definition) is 3. The van der Waals surface area contributed by atoms with Crippen molar-refractivity contribution in [2.75, 3.05) is 10.6 Å². The number of halogens is 1. The third-order valence-corrected chi connectivity index (χ3v) is 7.65. The Labute approximate surface area is 210 Å². The molecule has 1 aliphatic carbocycles. The van der Waals surface area contributed by atoms with E-state index in [9.17, 15) is 9.59 Å². The quantitative estimate of drug-likeness (QED) is 0.333. The van der Waals surface area contributed by atoms with Crippen LogP contribution in [-0.4, -0.2) is 11.8 Å². The van der Waals surface area contributed by atoms with E-state index in [2.05, 4.69) is 10.6 Å². The van der Waals surface area contributed by atoms with Gasteiger partial charge in [0.1, 0.15) is 5.25 Å². The molecule has 1 aliphatic rings. The maximum atomic E-state index is 13.3. The summed E-state index contributed by atoms with van der Waals surface area (Å²) < 4.78 is 0. The minimum Gasteiger partial charge on any atom is -0.326 e. The molecule has 176 valence electrons. The highest BCUT2D eigenvalue weighted by atomic mass is 35.5. The number of thioether (sulfide) groups is 1. The van der Waals surface area contributed by atoms with E-state index in [1.165, 1.54) is 18.2 Å². The van der Waals surface area contributed by atoms with Crippen LogP contribution in [0.15, 0.2) is 77.7 Å². The molecule has 1 unspecified atom stereocenters. The molecule has 0 aliphatic heterocycles. The highest BCUT2D eigenvalue weighted by molar-refractivity contribution is 8.00. The van der Waals surface area contributed by atoms with E-state index >= 15 is 0 Å². The molecule has 0 bridgehead atoms. The van der Waals surface area contributed by atoms with Crippen LogP contribution in [-0.2, 0) is 9.59 Å². The number of anilines is 2. The van der Waals surface area contributed by atoms with E-state index in [1.807, 2.05) is 73.7 Å². The number of aryl methyl sites for hydroxylation is 1. The highest BCUT2D eigenvalue weighted by Crippen LogP contribution is 2.37. The molecule has 2 N–H and O–H groups in total. The van der Waals surface area contributed by atoms with Crippen molar-refractivity contribution < 1.29 is 9.59 Å². The SMILES string of the molecule is Cc1ccc(Cl)cc1NC(=O)C(Sc1ccc(NC(=O)C2CCCCC2)cc1)c1ccccc1. The lowest BCUT2D eigenvalue weighted by atomic mass is 9.88. The van der Waals surface area contributed by atoms with Crippen molar-refractivity contribution in [2.45, 2.75) is 49.2 Å². The zero-order valence-corrected chi connectivity index (χ0v) is 20.8. The minimum atomic E-state index is -0.442. The van der Waals surface area contributed by atoms with Gasteiger partial charge in [-0.1, -0.05) is 67.3 Å². The van der Waals surface area contributed by atoms with Crippen LogP contribution in [0.1, 0.15) is 48.5 Å².